The van der Waals surface area contributed by atoms with Crippen molar-refractivity contribution in [1.82, 2.24) is 15.0 Å². The number of nitrogens with zero attached hydrogens (tertiary/aromatic N) is 3. The van der Waals surface area contributed by atoms with E-state index in [0.29, 0.717) is 28.6 Å². The van der Waals surface area contributed by atoms with Crippen LogP contribution in [0.4, 0.5) is 20.4 Å². The van der Waals surface area contributed by atoms with Gasteiger partial charge in [-0.05, 0) is 24.6 Å². The molecule has 9 heteroatoms. The van der Waals surface area contributed by atoms with Crippen molar-refractivity contribution in [2.24, 2.45) is 5.92 Å². The first kappa shape index (κ1) is 19.8. The number of rotatable bonds is 5. The predicted molar refractivity (Wildman–Crippen MR) is 108 cm³/mol. The summed E-state index contributed by atoms with van der Waals surface area (Å²) in [5.41, 5.74) is 9.21. The lowest BCUT2D eigenvalue weighted by Crippen LogP contribution is -2.18. The highest BCUT2D eigenvalue weighted by molar-refractivity contribution is 5.97. The maximum atomic E-state index is 13.0. The fourth-order valence-corrected chi connectivity index (χ4v) is 3.25. The number of Topliss-reactive ketones (excluding diaryl/α,β-unsaturated/α-hetero) is 1. The molecular weight excluding hydrogens is 392 g/mol. The summed E-state index contributed by atoms with van der Waals surface area (Å²) in [5.74, 6) is -4.69. The number of aromatic nitrogens is 3. The summed E-state index contributed by atoms with van der Waals surface area (Å²) in [5, 5.41) is 3.05. The van der Waals surface area contributed by atoms with Crippen molar-refractivity contribution < 1.29 is 18.4 Å². The van der Waals surface area contributed by atoms with Crippen LogP contribution in [0.1, 0.15) is 35.8 Å². The Morgan fingerprint density at radius 3 is 2.57 bits per heavy atom. The van der Waals surface area contributed by atoms with Crippen molar-refractivity contribution in [3.63, 3.8) is 0 Å². The van der Waals surface area contributed by atoms with Gasteiger partial charge in [0.2, 0.25) is 5.91 Å². The zero-order chi connectivity index (χ0) is 21.6. The molecule has 3 heterocycles. The van der Waals surface area contributed by atoms with E-state index in [1.54, 1.807) is 25.3 Å². The van der Waals surface area contributed by atoms with Crippen LogP contribution in [0.25, 0.3) is 22.0 Å². The van der Waals surface area contributed by atoms with Crippen LogP contribution in [0.3, 0.4) is 0 Å². The van der Waals surface area contributed by atoms with E-state index in [1.165, 1.54) is 12.3 Å². The molecule has 0 saturated heterocycles. The molecule has 3 aromatic heterocycles. The predicted octanol–water partition coefficient (Wildman–Crippen LogP) is 3.77. The second-order valence-electron chi connectivity index (χ2n) is 7.35. The van der Waals surface area contributed by atoms with Gasteiger partial charge in [0.15, 0.2) is 5.78 Å². The highest BCUT2D eigenvalue weighted by Gasteiger charge is 2.61. The lowest BCUT2D eigenvalue weighted by Gasteiger charge is -2.11. The van der Waals surface area contributed by atoms with Crippen LogP contribution < -0.4 is 11.1 Å². The number of aryl methyl sites for hydroxylation is 1. The molecule has 0 spiro atoms. The van der Waals surface area contributed by atoms with Crippen molar-refractivity contribution in [2.75, 3.05) is 11.1 Å². The number of hydrogen-bond donors (Lipinski definition) is 2. The van der Waals surface area contributed by atoms with Gasteiger partial charge in [0.1, 0.15) is 23.2 Å². The third kappa shape index (κ3) is 3.58. The average molecular weight is 411 g/mol. The number of halogens is 2. The molecular formula is C21H19F2N5O2. The molecule has 1 amide bonds. The first-order valence-corrected chi connectivity index (χ1v) is 9.44. The van der Waals surface area contributed by atoms with Crippen molar-refractivity contribution in [3.8, 4) is 11.1 Å². The highest BCUT2D eigenvalue weighted by Crippen LogP contribution is 2.49. The SMILES string of the molecule is CCC(=O)c1cc(C)c(-c2cc3cnc(NC(=O)[C@H]4CC4(F)F)cc3nc2N)cn1. The van der Waals surface area contributed by atoms with Gasteiger partial charge < -0.3 is 11.1 Å². The van der Waals surface area contributed by atoms with E-state index in [9.17, 15) is 18.4 Å². The van der Waals surface area contributed by atoms with Crippen LogP contribution in [-0.4, -0.2) is 32.6 Å². The van der Waals surface area contributed by atoms with Gasteiger partial charge in [-0.2, -0.15) is 0 Å². The molecule has 30 heavy (non-hydrogen) atoms. The Morgan fingerprint density at radius 2 is 1.93 bits per heavy atom. The summed E-state index contributed by atoms with van der Waals surface area (Å²) < 4.78 is 26.1. The third-order valence-corrected chi connectivity index (χ3v) is 5.13. The van der Waals surface area contributed by atoms with Crippen LogP contribution in [0.5, 0.6) is 0 Å². The Balaban J connectivity index is 1.64. The van der Waals surface area contributed by atoms with Gasteiger partial charge in [0.25, 0.3) is 5.92 Å². The number of carbonyl (C=O) groups excluding carboxylic acids is 2. The molecule has 0 bridgehead atoms. The minimum absolute atomic E-state index is 0.0444. The topological polar surface area (TPSA) is 111 Å². The molecule has 1 atom stereocenters. The Labute approximate surface area is 170 Å². The van der Waals surface area contributed by atoms with Gasteiger partial charge in [-0.3, -0.25) is 14.6 Å². The highest BCUT2D eigenvalue weighted by atomic mass is 19.3. The largest absolute Gasteiger partial charge is 0.383 e. The molecule has 3 N–H and O–H groups in total. The van der Waals surface area contributed by atoms with Crippen molar-refractivity contribution in [2.45, 2.75) is 32.6 Å². The molecule has 4 rings (SSSR count). The van der Waals surface area contributed by atoms with E-state index in [4.69, 9.17) is 5.73 Å². The van der Waals surface area contributed by atoms with Crippen molar-refractivity contribution in [1.29, 1.82) is 0 Å². The van der Waals surface area contributed by atoms with Gasteiger partial charge in [-0.25, -0.2) is 18.7 Å². The van der Waals surface area contributed by atoms with Crippen LogP contribution in [0.15, 0.2) is 30.6 Å². The number of carbonyl (C=O) groups is 2. The van der Waals surface area contributed by atoms with Crippen molar-refractivity contribution in [3.05, 3.63) is 41.9 Å². The fraction of sp³-hybridized carbons (Fsp3) is 0.286. The lowest BCUT2D eigenvalue weighted by atomic mass is 10.0. The summed E-state index contributed by atoms with van der Waals surface area (Å²) in [6.07, 6.45) is 3.00. The van der Waals surface area contributed by atoms with Crippen LogP contribution in [0, 0.1) is 12.8 Å². The van der Waals surface area contributed by atoms with Crippen LogP contribution in [-0.2, 0) is 4.79 Å². The summed E-state index contributed by atoms with van der Waals surface area (Å²) in [6.45, 7) is 3.63. The normalized spacial score (nSPS) is 17.0. The number of hydrogen-bond acceptors (Lipinski definition) is 6. The summed E-state index contributed by atoms with van der Waals surface area (Å²) in [4.78, 5) is 36.4. The Morgan fingerprint density at radius 1 is 1.20 bits per heavy atom. The monoisotopic (exact) mass is 411 g/mol. The Kier molecular flexibility index (Phi) is 4.68. The van der Waals surface area contributed by atoms with E-state index in [2.05, 4.69) is 20.3 Å². The van der Waals surface area contributed by atoms with Crippen molar-refractivity contribution >= 4 is 34.2 Å². The summed E-state index contributed by atoms with van der Waals surface area (Å²) >= 11 is 0. The van der Waals surface area contributed by atoms with E-state index in [1.807, 2.05) is 6.92 Å². The molecule has 1 saturated carbocycles. The zero-order valence-electron chi connectivity index (χ0n) is 16.4. The van der Waals surface area contributed by atoms with E-state index in [-0.39, 0.29) is 17.4 Å². The smallest absolute Gasteiger partial charge is 0.260 e. The quantitative estimate of drug-likeness (QED) is 0.619. The molecule has 1 aliphatic carbocycles. The summed E-state index contributed by atoms with van der Waals surface area (Å²) in [6, 6.07) is 4.99. The summed E-state index contributed by atoms with van der Waals surface area (Å²) in [7, 11) is 0. The van der Waals surface area contributed by atoms with Gasteiger partial charge in [0.05, 0.1) is 5.52 Å². The lowest BCUT2D eigenvalue weighted by molar-refractivity contribution is -0.119. The number of fused-ring (bicyclic) bond motifs is 1. The van der Waals surface area contributed by atoms with E-state index >= 15 is 0 Å². The number of anilines is 2. The van der Waals surface area contributed by atoms with E-state index in [0.717, 1.165) is 11.1 Å². The molecule has 0 aliphatic heterocycles. The average Bonchev–Trinajstić information content (AvgIpc) is 3.35. The molecule has 0 unspecified atom stereocenters. The molecule has 7 nitrogen and oxygen atoms in total. The van der Waals surface area contributed by atoms with E-state index < -0.39 is 24.2 Å². The number of alkyl halides is 2. The molecule has 0 radical (unpaired) electrons. The van der Waals surface area contributed by atoms with Gasteiger partial charge in [-0.15, -0.1) is 0 Å². The molecule has 154 valence electrons. The second-order valence-corrected chi connectivity index (χ2v) is 7.35. The molecule has 1 aliphatic rings. The number of nitrogens with one attached hydrogen (secondary N) is 1. The minimum atomic E-state index is -2.94. The van der Waals surface area contributed by atoms with Gasteiger partial charge >= 0.3 is 0 Å². The number of nitrogen functional groups attached to an aromatic ring is 1. The second kappa shape index (κ2) is 7.08. The van der Waals surface area contributed by atoms with Crippen LogP contribution >= 0.6 is 0 Å². The third-order valence-electron chi connectivity index (χ3n) is 5.13. The molecule has 1 fully saturated rings. The number of pyridine rings is 3. The molecule has 0 aromatic carbocycles. The maximum absolute atomic E-state index is 13.0. The Hall–Kier alpha value is -3.49. The minimum Gasteiger partial charge on any atom is -0.383 e. The standard InChI is InChI=1S/C21H19F2N5O2/c1-3-17(29)16-4-10(2)13(9-25-16)12-5-11-8-26-18(6-15(11)27-19(12)24)28-20(30)14-7-21(14,22)23/h4-6,8-9,14H,3,7H2,1-2H3,(H2,24,27)(H,26,28,30)/t14-/m1/s1. The Bertz CT molecular complexity index is 1200. The van der Waals surface area contributed by atoms with Gasteiger partial charge in [0, 0.05) is 47.8 Å². The number of nitrogens with two attached hydrogens (primary N) is 1. The van der Waals surface area contributed by atoms with Gasteiger partial charge in [-0.1, -0.05) is 6.92 Å². The fourth-order valence-electron chi connectivity index (χ4n) is 3.25. The molecule has 3 aromatic rings. The first-order chi connectivity index (χ1) is 14.2. The number of ketones is 1. The maximum Gasteiger partial charge on any atom is 0.260 e. The number of amides is 1. The zero-order valence-corrected chi connectivity index (χ0v) is 16.4. The van der Waals surface area contributed by atoms with Crippen LogP contribution in [0.2, 0.25) is 0 Å². The first-order valence-electron chi connectivity index (χ1n) is 9.44.